The molecule has 1 N–H and O–H groups in total. The molecule has 1 heterocycles. The highest BCUT2D eigenvalue weighted by Gasteiger charge is 2.22. The molecule has 5 heteroatoms. The number of nitrogens with one attached hydrogen (secondary N) is 1. The van der Waals surface area contributed by atoms with E-state index in [4.69, 9.17) is 0 Å². The lowest BCUT2D eigenvalue weighted by Crippen LogP contribution is -2.33. The molecule has 1 aromatic heterocycles. The number of rotatable bonds is 5. The van der Waals surface area contributed by atoms with E-state index in [9.17, 15) is 10.1 Å². The van der Waals surface area contributed by atoms with E-state index >= 15 is 0 Å². The van der Waals surface area contributed by atoms with Crippen molar-refractivity contribution in [1.29, 1.82) is 0 Å². The van der Waals surface area contributed by atoms with Gasteiger partial charge in [0.1, 0.15) is 5.52 Å². The highest BCUT2D eigenvalue weighted by atomic mass is 16.6. The summed E-state index contributed by atoms with van der Waals surface area (Å²) in [5.41, 5.74) is 1.33. The summed E-state index contributed by atoms with van der Waals surface area (Å²) in [5.74, 6) is 0. The van der Waals surface area contributed by atoms with E-state index in [1.165, 1.54) is 6.07 Å². The lowest BCUT2D eigenvalue weighted by atomic mass is 9.94. The number of aromatic nitrogens is 1. The standard InChI is InChI=1S/C15H19N3O2/c1-4-15(3,5-2)17-12-8-9-13(18(19)20)14-11(12)7-6-10-16-14/h6-10,17H,4-5H2,1-3H3. The zero-order chi connectivity index (χ0) is 14.8. The van der Waals surface area contributed by atoms with Gasteiger partial charge < -0.3 is 5.32 Å². The molecule has 0 aliphatic rings. The Balaban J connectivity index is 2.56. The molecule has 0 radical (unpaired) electrons. The van der Waals surface area contributed by atoms with Crippen LogP contribution >= 0.6 is 0 Å². The third-order valence-corrected chi connectivity index (χ3v) is 3.94. The monoisotopic (exact) mass is 273 g/mol. The number of fused-ring (bicyclic) bond motifs is 1. The molecule has 0 aliphatic carbocycles. The van der Waals surface area contributed by atoms with Gasteiger partial charge in [0.15, 0.2) is 0 Å². The van der Waals surface area contributed by atoms with E-state index in [1.54, 1.807) is 18.3 Å². The Morgan fingerprint density at radius 1 is 1.30 bits per heavy atom. The number of non-ortho nitro benzene ring substituents is 1. The summed E-state index contributed by atoms with van der Waals surface area (Å²) in [6.45, 7) is 6.40. The summed E-state index contributed by atoms with van der Waals surface area (Å²) in [6.07, 6.45) is 3.53. The molecule has 0 saturated heterocycles. The van der Waals surface area contributed by atoms with Gasteiger partial charge in [0.25, 0.3) is 5.69 Å². The SMILES string of the molecule is CCC(C)(CC)Nc1ccc([N+](=O)[O-])c2ncccc12. The second kappa shape index (κ2) is 5.45. The smallest absolute Gasteiger partial charge is 0.295 e. The average molecular weight is 273 g/mol. The summed E-state index contributed by atoms with van der Waals surface area (Å²) >= 11 is 0. The highest BCUT2D eigenvalue weighted by molar-refractivity contribution is 5.97. The van der Waals surface area contributed by atoms with Crippen LogP contribution in [0.2, 0.25) is 0 Å². The number of hydrogen-bond donors (Lipinski definition) is 1. The van der Waals surface area contributed by atoms with Crippen LogP contribution in [0.25, 0.3) is 10.9 Å². The molecule has 0 spiro atoms. The number of pyridine rings is 1. The van der Waals surface area contributed by atoms with Gasteiger partial charge in [-0.05, 0) is 38.0 Å². The molecule has 20 heavy (non-hydrogen) atoms. The van der Waals surface area contributed by atoms with Gasteiger partial charge in [-0.1, -0.05) is 13.8 Å². The molecule has 1 aromatic carbocycles. The molecule has 0 atom stereocenters. The summed E-state index contributed by atoms with van der Waals surface area (Å²) in [6, 6.07) is 6.95. The minimum absolute atomic E-state index is 0.0289. The number of benzene rings is 1. The van der Waals surface area contributed by atoms with Crippen molar-refractivity contribution in [2.24, 2.45) is 0 Å². The van der Waals surface area contributed by atoms with Gasteiger partial charge in [0, 0.05) is 28.9 Å². The normalized spacial score (nSPS) is 11.6. The second-order valence-electron chi connectivity index (χ2n) is 5.18. The number of anilines is 1. The molecule has 0 bridgehead atoms. The predicted octanol–water partition coefficient (Wildman–Crippen LogP) is 4.13. The van der Waals surface area contributed by atoms with Crippen molar-refractivity contribution < 1.29 is 4.92 Å². The molecule has 0 fully saturated rings. The van der Waals surface area contributed by atoms with Crippen LogP contribution in [0.15, 0.2) is 30.5 Å². The van der Waals surface area contributed by atoms with E-state index in [1.807, 2.05) is 6.07 Å². The fourth-order valence-corrected chi connectivity index (χ4v) is 2.17. The third kappa shape index (κ3) is 2.57. The molecule has 2 aromatic rings. The Kier molecular flexibility index (Phi) is 3.88. The van der Waals surface area contributed by atoms with Crippen molar-refractivity contribution in [3.8, 4) is 0 Å². The number of nitro groups is 1. The summed E-state index contributed by atoms with van der Waals surface area (Å²) in [4.78, 5) is 14.8. The van der Waals surface area contributed by atoms with E-state index in [-0.39, 0.29) is 11.2 Å². The quantitative estimate of drug-likeness (QED) is 0.656. The molecule has 106 valence electrons. The van der Waals surface area contributed by atoms with E-state index in [0.717, 1.165) is 23.9 Å². The first-order valence-corrected chi connectivity index (χ1v) is 6.81. The molecule has 0 aliphatic heterocycles. The Hall–Kier alpha value is -2.17. The lowest BCUT2D eigenvalue weighted by molar-refractivity contribution is -0.383. The fourth-order valence-electron chi connectivity index (χ4n) is 2.17. The first-order valence-electron chi connectivity index (χ1n) is 6.81. The van der Waals surface area contributed by atoms with Gasteiger partial charge in [-0.15, -0.1) is 0 Å². The molecule has 2 rings (SSSR count). The van der Waals surface area contributed by atoms with E-state index in [2.05, 4.69) is 31.1 Å². The Morgan fingerprint density at radius 3 is 2.60 bits per heavy atom. The Bertz CT molecular complexity index is 636. The minimum Gasteiger partial charge on any atom is -0.379 e. The zero-order valence-corrected chi connectivity index (χ0v) is 12.0. The van der Waals surface area contributed by atoms with Gasteiger partial charge in [0.2, 0.25) is 0 Å². The molecule has 5 nitrogen and oxygen atoms in total. The van der Waals surface area contributed by atoms with Crippen LogP contribution in [0.4, 0.5) is 11.4 Å². The van der Waals surface area contributed by atoms with Crippen molar-refractivity contribution in [3.63, 3.8) is 0 Å². The first kappa shape index (κ1) is 14.2. The van der Waals surface area contributed by atoms with Gasteiger partial charge in [-0.25, -0.2) is 4.98 Å². The second-order valence-corrected chi connectivity index (χ2v) is 5.18. The van der Waals surface area contributed by atoms with Crippen molar-refractivity contribution >= 4 is 22.3 Å². The summed E-state index contributed by atoms with van der Waals surface area (Å²) < 4.78 is 0. The maximum absolute atomic E-state index is 11.1. The van der Waals surface area contributed by atoms with Gasteiger partial charge in [-0.3, -0.25) is 10.1 Å². The molecule has 0 amide bonds. The predicted molar refractivity (Wildman–Crippen MR) is 81.0 cm³/mol. The molecular formula is C15H19N3O2. The highest BCUT2D eigenvalue weighted by Crippen LogP contribution is 2.32. The Morgan fingerprint density at radius 2 is 2.00 bits per heavy atom. The van der Waals surface area contributed by atoms with Crippen molar-refractivity contribution in [2.75, 3.05) is 5.32 Å². The van der Waals surface area contributed by atoms with Crippen LogP contribution in [-0.2, 0) is 0 Å². The molecule has 0 unspecified atom stereocenters. The zero-order valence-electron chi connectivity index (χ0n) is 12.0. The van der Waals surface area contributed by atoms with Crippen molar-refractivity contribution in [3.05, 3.63) is 40.6 Å². The van der Waals surface area contributed by atoms with Crippen LogP contribution in [-0.4, -0.2) is 15.4 Å². The number of nitro benzene ring substituents is 1. The fraction of sp³-hybridized carbons (Fsp3) is 0.400. The van der Waals surface area contributed by atoms with Crippen LogP contribution in [0.1, 0.15) is 33.6 Å². The minimum atomic E-state index is -0.391. The molecule has 0 saturated carbocycles. The number of hydrogen-bond acceptors (Lipinski definition) is 4. The van der Waals surface area contributed by atoms with Crippen molar-refractivity contribution in [1.82, 2.24) is 4.98 Å². The van der Waals surface area contributed by atoms with Crippen LogP contribution in [0.3, 0.4) is 0 Å². The van der Waals surface area contributed by atoms with E-state index < -0.39 is 4.92 Å². The van der Waals surface area contributed by atoms with E-state index in [0.29, 0.717) is 5.52 Å². The van der Waals surface area contributed by atoms with Crippen LogP contribution < -0.4 is 5.32 Å². The molecular weight excluding hydrogens is 254 g/mol. The topological polar surface area (TPSA) is 68.1 Å². The van der Waals surface area contributed by atoms with Crippen LogP contribution in [0.5, 0.6) is 0 Å². The van der Waals surface area contributed by atoms with Crippen molar-refractivity contribution in [2.45, 2.75) is 39.2 Å². The largest absolute Gasteiger partial charge is 0.379 e. The summed E-state index contributed by atoms with van der Waals surface area (Å²) in [5, 5.41) is 15.4. The average Bonchev–Trinajstić information content (AvgIpc) is 2.47. The van der Waals surface area contributed by atoms with Gasteiger partial charge in [0.05, 0.1) is 4.92 Å². The Labute approximate surface area is 118 Å². The maximum Gasteiger partial charge on any atom is 0.295 e. The first-order chi connectivity index (χ1) is 9.50. The number of nitrogens with zero attached hydrogens (tertiary/aromatic N) is 2. The third-order valence-electron chi connectivity index (χ3n) is 3.94. The van der Waals surface area contributed by atoms with Gasteiger partial charge >= 0.3 is 0 Å². The maximum atomic E-state index is 11.1. The van der Waals surface area contributed by atoms with Crippen LogP contribution in [0, 0.1) is 10.1 Å². The summed E-state index contributed by atoms with van der Waals surface area (Å²) in [7, 11) is 0. The lowest BCUT2D eigenvalue weighted by Gasteiger charge is -2.30. The van der Waals surface area contributed by atoms with Gasteiger partial charge in [-0.2, -0.15) is 0 Å².